The van der Waals surface area contributed by atoms with Crippen molar-refractivity contribution >= 4 is 9.84 Å². The maximum atomic E-state index is 13.0. The summed E-state index contributed by atoms with van der Waals surface area (Å²) in [5.74, 6) is -0.561. The Labute approximate surface area is 110 Å². The van der Waals surface area contributed by atoms with Gasteiger partial charge < -0.3 is 0 Å². The third-order valence-corrected chi connectivity index (χ3v) is 3.81. The summed E-state index contributed by atoms with van der Waals surface area (Å²) in [6.07, 6.45) is 3.89. The molecule has 4 nitrogen and oxygen atoms in total. The fourth-order valence-electron chi connectivity index (χ4n) is 1.16. The topological polar surface area (TPSA) is 59.9 Å². The lowest BCUT2D eigenvalue weighted by Gasteiger charge is -2.03. The fraction of sp³-hybridized carbons (Fsp3) is 0.167. The largest absolute Gasteiger partial charge is 0.240 e. The van der Waals surface area contributed by atoms with E-state index in [9.17, 15) is 17.2 Å². The first kappa shape index (κ1) is 15.2. The molecule has 1 heterocycles. The molecule has 0 spiro atoms. The van der Waals surface area contributed by atoms with Gasteiger partial charge in [-0.15, -0.1) is 0 Å². The van der Waals surface area contributed by atoms with E-state index in [-0.39, 0.29) is 11.2 Å². The normalized spacial score (nSPS) is 12.9. The average Bonchev–Trinajstić information content (AvgIpc) is 2.39. The molecule has 0 unspecified atom stereocenters. The zero-order valence-corrected chi connectivity index (χ0v) is 11.0. The summed E-state index contributed by atoms with van der Waals surface area (Å²) in [5, 5.41) is 0. The van der Waals surface area contributed by atoms with E-state index in [1.165, 1.54) is 0 Å². The molecule has 0 saturated heterocycles. The second-order valence-electron chi connectivity index (χ2n) is 3.48. The molecule has 0 bridgehead atoms. The van der Waals surface area contributed by atoms with Crippen molar-refractivity contribution < 1.29 is 17.2 Å². The van der Waals surface area contributed by atoms with Crippen LogP contribution in [0.5, 0.6) is 0 Å². The number of hydrogen-bond donors (Lipinski definition) is 0. The van der Waals surface area contributed by atoms with E-state index in [4.69, 9.17) is 0 Å². The Morgan fingerprint density at radius 2 is 2.00 bits per heavy atom. The SMILES string of the molecule is C=C(/C=C(F)\C=C\F)S(=O)(=O)c1cnc(CC)nc1. The molecule has 0 saturated carbocycles. The van der Waals surface area contributed by atoms with E-state index in [2.05, 4.69) is 16.5 Å². The molecule has 1 aromatic heterocycles. The molecule has 0 atom stereocenters. The summed E-state index contributed by atoms with van der Waals surface area (Å²) in [7, 11) is -3.97. The highest BCUT2D eigenvalue weighted by atomic mass is 32.2. The van der Waals surface area contributed by atoms with Gasteiger partial charge in [-0.3, -0.25) is 0 Å². The number of halogens is 2. The van der Waals surface area contributed by atoms with Crippen LogP contribution in [0.25, 0.3) is 0 Å². The Hall–Kier alpha value is -1.89. The van der Waals surface area contributed by atoms with E-state index in [1.54, 1.807) is 0 Å². The van der Waals surface area contributed by atoms with Crippen LogP contribution in [-0.4, -0.2) is 18.4 Å². The minimum Gasteiger partial charge on any atom is -0.240 e. The van der Waals surface area contributed by atoms with E-state index in [0.29, 0.717) is 24.4 Å². The number of rotatable bonds is 5. The van der Waals surface area contributed by atoms with Gasteiger partial charge in [0.05, 0.1) is 11.2 Å². The van der Waals surface area contributed by atoms with E-state index in [0.717, 1.165) is 12.4 Å². The van der Waals surface area contributed by atoms with Crippen LogP contribution in [0.2, 0.25) is 0 Å². The lowest BCUT2D eigenvalue weighted by atomic mass is 10.4. The molecule has 0 aromatic carbocycles. The van der Waals surface area contributed by atoms with E-state index in [1.807, 2.05) is 6.92 Å². The molecule has 0 radical (unpaired) electrons. The van der Waals surface area contributed by atoms with Crippen molar-refractivity contribution in [2.45, 2.75) is 18.2 Å². The third-order valence-electron chi connectivity index (χ3n) is 2.17. The number of allylic oxidation sites excluding steroid dienone is 3. The number of aryl methyl sites for hydroxylation is 1. The molecule has 102 valence electrons. The van der Waals surface area contributed by atoms with Gasteiger partial charge in [0.2, 0.25) is 9.84 Å². The van der Waals surface area contributed by atoms with Crippen LogP contribution in [0.15, 0.2) is 53.1 Å². The van der Waals surface area contributed by atoms with Crippen LogP contribution in [0.3, 0.4) is 0 Å². The van der Waals surface area contributed by atoms with Crippen LogP contribution in [0, 0.1) is 0 Å². The maximum absolute atomic E-state index is 13.0. The van der Waals surface area contributed by atoms with Crippen molar-refractivity contribution in [2.75, 3.05) is 0 Å². The second-order valence-corrected chi connectivity index (χ2v) is 5.48. The van der Waals surface area contributed by atoms with E-state index >= 15 is 0 Å². The number of hydrogen-bond acceptors (Lipinski definition) is 4. The van der Waals surface area contributed by atoms with Crippen molar-refractivity contribution in [1.29, 1.82) is 0 Å². The number of aromatic nitrogens is 2. The average molecular weight is 286 g/mol. The first-order valence-corrected chi connectivity index (χ1v) is 6.79. The minimum absolute atomic E-state index is 0.0368. The quantitative estimate of drug-likeness (QED) is 0.781. The lowest BCUT2D eigenvalue weighted by Crippen LogP contribution is -2.05. The van der Waals surface area contributed by atoms with Crippen LogP contribution in [0.1, 0.15) is 12.7 Å². The third kappa shape index (κ3) is 3.78. The van der Waals surface area contributed by atoms with Gasteiger partial charge in [0.15, 0.2) is 0 Å². The Morgan fingerprint density at radius 1 is 1.42 bits per heavy atom. The van der Waals surface area contributed by atoms with Gasteiger partial charge in [0.1, 0.15) is 16.5 Å². The highest BCUT2D eigenvalue weighted by molar-refractivity contribution is 7.95. The van der Waals surface area contributed by atoms with Crippen LogP contribution < -0.4 is 0 Å². The van der Waals surface area contributed by atoms with Gasteiger partial charge in [-0.25, -0.2) is 27.2 Å². The summed E-state index contributed by atoms with van der Waals surface area (Å²) >= 11 is 0. The molecule has 0 aliphatic heterocycles. The molecule has 0 amide bonds. The van der Waals surface area contributed by atoms with Crippen molar-refractivity contribution in [3.05, 3.63) is 54.0 Å². The van der Waals surface area contributed by atoms with Crippen molar-refractivity contribution in [3.8, 4) is 0 Å². The smallest absolute Gasteiger partial charge is 0.209 e. The van der Waals surface area contributed by atoms with Gasteiger partial charge >= 0.3 is 0 Å². The summed E-state index contributed by atoms with van der Waals surface area (Å²) in [5.41, 5.74) is 0. The molecule has 1 aromatic rings. The second kappa shape index (κ2) is 6.33. The molecule has 7 heteroatoms. The van der Waals surface area contributed by atoms with Crippen LogP contribution >= 0.6 is 0 Å². The van der Waals surface area contributed by atoms with Crippen molar-refractivity contribution in [2.24, 2.45) is 0 Å². The standard InChI is InChI=1S/C12H12F2N2O2S/c1-3-12-15-7-11(8-16-12)19(17,18)9(2)6-10(14)4-5-13/h4-8H,2-3H2,1H3/b5-4+,10-6+. The minimum atomic E-state index is -3.97. The molecule has 0 fully saturated rings. The fourth-order valence-corrected chi connectivity index (χ4v) is 2.11. The van der Waals surface area contributed by atoms with E-state index < -0.39 is 20.6 Å². The van der Waals surface area contributed by atoms with Crippen LogP contribution in [0.4, 0.5) is 8.78 Å². The van der Waals surface area contributed by atoms with Gasteiger partial charge in [-0.05, 0) is 6.08 Å². The molecule has 0 N–H and O–H groups in total. The maximum Gasteiger partial charge on any atom is 0.209 e. The van der Waals surface area contributed by atoms with Crippen molar-refractivity contribution in [1.82, 2.24) is 9.97 Å². The zero-order valence-electron chi connectivity index (χ0n) is 10.2. The summed E-state index contributed by atoms with van der Waals surface area (Å²) in [6, 6.07) is 0. The van der Waals surface area contributed by atoms with Crippen LogP contribution in [-0.2, 0) is 16.3 Å². The predicted octanol–water partition coefficient (Wildman–Crippen LogP) is 2.66. The molecular formula is C12H12F2N2O2S. The Balaban J connectivity index is 3.09. The summed E-state index contributed by atoms with van der Waals surface area (Å²) < 4.78 is 48.7. The Morgan fingerprint density at radius 3 is 2.47 bits per heavy atom. The highest BCUT2D eigenvalue weighted by Gasteiger charge is 2.18. The molecule has 1 rings (SSSR count). The van der Waals surface area contributed by atoms with Crippen molar-refractivity contribution in [3.63, 3.8) is 0 Å². The predicted molar refractivity (Wildman–Crippen MR) is 67.2 cm³/mol. The first-order valence-electron chi connectivity index (χ1n) is 5.30. The van der Waals surface area contributed by atoms with Gasteiger partial charge in [-0.1, -0.05) is 13.5 Å². The van der Waals surface area contributed by atoms with Gasteiger partial charge in [-0.2, -0.15) is 0 Å². The number of nitrogens with zero attached hydrogens (tertiary/aromatic N) is 2. The summed E-state index contributed by atoms with van der Waals surface area (Å²) in [4.78, 5) is 6.99. The highest BCUT2D eigenvalue weighted by Crippen LogP contribution is 2.19. The summed E-state index contributed by atoms with van der Waals surface area (Å²) in [6.45, 7) is 5.07. The number of sulfone groups is 1. The molecule has 0 aliphatic carbocycles. The Bertz CT molecular complexity index is 620. The molecular weight excluding hydrogens is 274 g/mol. The molecule has 19 heavy (non-hydrogen) atoms. The zero-order chi connectivity index (χ0) is 14.5. The monoisotopic (exact) mass is 286 g/mol. The van der Waals surface area contributed by atoms with Gasteiger partial charge in [0, 0.05) is 24.9 Å². The van der Waals surface area contributed by atoms with Gasteiger partial charge in [0.25, 0.3) is 0 Å². The Kier molecular flexibility index (Phi) is 5.05. The first-order chi connectivity index (χ1) is 8.91. The molecule has 0 aliphatic rings. The lowest BCUT2D eigenvalue weighted by molar-refractivity contribution is 0.600.